The number of phosphoric ester groups is 1. The highest BCUT2D eigenvalue weighted by Gasteiger charge is 2.70. The van der Waals surface area contributed by atoms with Crippen molar-refractivity contribution in [2.45, 2.75) is 96.7 Å². The van der Waals surface area contributed by atoms with Crippen LogP contribution in [0.5, 0.6) is 0 Å². The molecule has 0 spiro atoms. The lowest BCUT2D eigenvalue weighted by atomic mass is 9.43. The largest absolute Gasteiger partial charge is 0.472 e. The second-order valence-corrected chi connectivity index (χ2v) is 16.3. The van der Waals surface area contributed by atoms with Crippen LogP contribution in [0.25, 0.3) is 0 Å². The second-order valence-electron chi connectivity index (χ2n) is 13.5. The normalized spacial score (nSPS) is 44.3. The number of rotatable bonds is 9. The van der Waals surface area contributed by atoms with E-state index in [0.717, 1.165) is 12.8 Å². The fourth-order valence-electron chi connectivity index (χ4n) is 9.36. The number of carbonyl (C=O) groups excluding carboxylic acids is 1. The maximum absolute atomic E-state index is 17.0. The van der Waals surface area contributed by atoms with E-state index in [1.807, 2.05) is 13.8 Å². The molecule has 10 unspecified atom stereocenters. The van der Waals surface area contributed by atoms with E-state index in [0.29, 0.717) is 25.7 Å². The van der Waals surface area contributed by atoms with E-state index < -0.39 is 59.1 Å². The molecule has 4 aliphatic carbocycles. The van der Waals surface area contributed by atoms with Gasteiger partial charge in [0.05, 0.1) is 5.75 Å². The van der Waals surface area contributed by atoms with Crippen molar-refractivity contribution in [3.05, 3.63) is 0 Å². The van der Waals surface area contributed by atoms with Crippen LogP contribution < -0.4 is 5.32 Å². The summed E-state index contributed by atoms with van der Waals surface area (Å²) < 4.78 is 79.2. The van der Waals surface area contributed by atoms with Crippen LogP contribution in [-0.2, 0) is 24.0 Å². The van der Waals surface area contributed by atoms with Crippen LogP contribution in [0.1, 0.15) is 85.0 Å². The maximum atomic E-state index is 17.0. The lowest BCUT2D eigenvalue weighted by Gasteiger charge is -2.64. The molecule has 14 heteroatoms. The zero-order valence-electron chi connectivity index (χ0n) is 23.4. The SMILES string of the molecule is CC(CCC(=O)NCCS(=O)(=O)O)C1CCC2C3C(CCC12C)C1(C)CCC(O)(F)CC1CC3(F)OP(=O)(O)O. The van der Waals surface area contributed by atoms with Gasteiger partial charge in [-0.2, -0.15) is 8.42 Å². The summed E-state index contributed by atoms with van der Waals surface area (Å²) in [6.45, 7) is 5.95. The molecule has 4 saturated carbocycles. The smallest absolute Gasteiger partial charge is 0.362 e. The summed E-state index contributed by atoms with van der Waals surface area (Å²) in [7, 11) is -9.40. The van der Waals surface area contributed by atoms with Crippen LogP contribution >= 0.6 is 7.82 Å². The van der Waals surface area contributed by atoms with Gasteiger partial charge in [-0.25, -0.2) is 17.9 Å². The molecule has 0 aromatic carbocycles. The van der Waals surface area contributed by atoms with Gasteiger partial charge in [-0.05, 0) is 78.9 Å². The minimum atomic E-state index is -5.23. The summed E-state index contributed by atoms with van der Waals surface area (Å²) in [4.78, 5) is 31.7. The number of amides is 1. The molecular weight excluding hydrogens is 571 g/mol. The third-order valence-electron chi connectivity index (χ3n) is 11.2. The summed E-state index contributed by atoms with van der Waals surface area (Å²) in [5.74, 6) is -7.77. The molecular formula is C26H44F2NO9PS. The highest BCUT2D eigenvalue weighted by atomic mass is 32.2. The quantitative estimate of drug-likeness (QED) is 0.189. The van der Waals surface area contributed by atoms with Crippen molar-refractivity contribution in [3.63, 3.8) is 0 Å². The van der Waals surface area contributed by atoms with Crippen molar-refractivity contribution in [2.24, 2.45) is 46.3 Å². The molecule has 0 bridgehead atoms. The molecule has 5 N–H and O–H groups in total. The zero-order valence-corrected chi connectivity index (χ0v) is 25.1. The summed E-state index contributed by atoms with van der Waals surface area (Å²) in [6.07, 6.45) is 3.03. The summed E-state index contributed by atoms with van der Waals surface area (Å²) in [5.41, 5.74) is -0.863. The highest BCUT2D eigenvalue weighted by molar-refractivity contribution is 7.85. The first-order chi connectivity index (χ1) is 18.2. The highest BCUT2D eigenvalue weighted by Crippen LogP contribution is 2.72. The van der Waals surface area contributed by atoms with E-state index in [9.17, 15) is 37.1 Å². The van der Waals surface area contributed by atoms with Crippen LogP contribution in [0.15, 0.2) is 0 Å². The van der Waals surface area contributed by atoms with Crippen molar-refractivity contribution in [3.8, 4) is 0 Å². The van der Waals surface area contributed by atoms with Gasteiger partial charge < -0.3 is 20.2 Å². The van der Waals surface area contributed by atoms with Crippen molar-refractivity contribution in [1.29, 1.82) is 0 Å². The Morgan fingerprint density at radius 1 is 1.07 bits per heavy atom. The molecule has 0 aliphatic heterocycles. The third kappa shape index (κ3) is 6.45. The monoisotopic (exact) mass is 615 g/mol. The molecule has 0 aromatic heterocycles. The topological polar surface area (TPSA) is 170 Å². The molecule has 0 radical (unpaired) electrons. The van der Waals surface area contributed by atoms with E-state index in [4.69, 9.17) is 9.08 Å². The van der Waals surface area contributed by atoms with Gasteiger partial charge in [-0.1, -0.05) is 20.8 Å². The molecule has 0 aromatic rings. The van der Waals surface area contributed by atoms with Gasteiger partial charge in [0.25, 0.3) is 10.1 Å². The van der Waals surface area contributed by atoms with E-state index in [1.54, 1.807) is 0 Å². The summed E-state index contributed by atoms with van der Waals surface area (Å²) in [5, 5.41) is 12.6. The number of carbonyl (C=O) groups is 1. The van der Waals surface area contributed by atoms with Gasteiger partial charge in [0.2, 0.25) is 17.6 Å². The Morgan fingerprint density at radius 3 is 2.35 bits per heavy atom. The average Bonchev–Trinajstić information content (AvgIpc) is 3.13. The number of hydrogen-bond acceptors (Lipinski definition) is 6. The summed E-state index contributed by atoms with van der Waals surface area (Å²) in [6, 6.07) is 0. The van der Waals surface area contributed by atoms with Crippen molar-refractivity contribution >= 4 is 23.8 Å². The molecule has 40 heavy (non-hydrogen) atoms. The predicted octanol–water partition coefficient (Wildman–Crippen LogP) is 4.11. The summed E-state index contributed by atoms with van der Waals surface area (Å²) >= 11 is 0. The Labute approximate surface area is 235 Å². The van der Waals surface area contributed by atoms with Gasteiger partial charge in [0.1, 0.15) is 0 Å². The Bertz CT molecular complexity index is 1140. The molecule has 1 amide bonds. The maximum Gasteiger partial charge on any atom is 0.472 e. The van der Waals surface area contributed by atoms with E-state index in [2.05, 4.69) is 12.2 Å². The van der Waals surface area contributed by atoms with E-state index in [-0.39, 0.29) is 60.8 Å². The number of nitrogens with one attached hydrogen (secondary N) is 1. The van der Waals surface area contributed by atoms with Gasteiger partial charge in [0, 0.05) is 38.1 Å². The lowest BCUT2D eigenvalue weighted by Crippen LogP contribution is -2.63. The van der Waals surface area contributed by atoms with Crippen LogP contribution in [0.4, 0.5) is 8.78 Å². The number of hydrogen-bond donors (Lipinski definition) is 5. The van der Waals surface area contributed by atoms with Crippen molar-refractivity contribution in [1.82, 2.24) is 5.32 Å². The standard InChI is InChI=1S/C26H44F2NO9PS/c1-16(4-7-21(30)29-12-13-40(35,36)37)18-5-6-19-22-20(8-9-24(18,19)3)23(2)10-11-25(27,31)14-17(23)15-26(22,28)38-39(32,33)34/h16-20,22,31H,4-15H2,1-3H3,(H,29,30)(H2,32,33,34)(H,35,36,37). The number of fused-ring (bicyclic) bond motifs is 5. The van der Waals surface area contributed by atoms with Crippen molar-refractivity contribution in [2.75, 3.05) is 12.3 Å². The molecule has 0 heterocycles. The fourth-order valence-corrected chi connectivity index (χ4v) is 10.3. The molecule has 4 rings (SSSR count). The average molecular weight is 616 g/mol. The van der Waals surface area contributed by atoms with E-state index in [1.165, 1.54) is 0 Å². The molecule has 232 valence electrons. The van der Waals surface area contributed by atoms with Gasteiger partial charge in [0.15, 0.2) is 0 Å². The number of alkyl halides is 2. The Balaban J connectivity index is 1.53. The number of phosphoric acid groups is 1. The van der Waals surface area contributed by atoms with Gasteiger partial charge in [-0.15, -0.1) is 0 Å². The number of aliphatic hydroxyl groups is 1. The first-order valence-electron chi connectivity index (χ1n) is 14.3. The lowest BCUT2D eigenvalue weighted by molar-refractivity contribution is -0.278. The van der Waals surface area contributed by atoms with E-state index >= 15 is 4.39 Å². The second kappa shape index (κ2) is 10.8. The molecule has 10 nitrogen and oxygen atoms in total. The van der Waals surface area contributed by atoms with Crippen molar-refractivity contribution < 1.29 is 50.5 Å². The molecule has 0 saturated heterocycles. The minimum absolute atomic E-state index is 0.0598. The van der Waals surface area contributed by atoms with Gasteiger partial charge in [-0.3, -0.25) is 9.35 Å². The zero-order chi connectivity index (χ0) is 29.9. The number of halogens is 2. The van der Waals surface area contributed by atoms with Crippen LogP contribution in [0.2, 0.25) is 0 Å². The van der Waals surface area contributed by atoms with Crippen LogP contribution in [-0.4, -0.2) is 57.8 Å². The van der Waals surface area contributed by atoms with Crippen LogP contribution in [0.3, 0.4) is 0 Å². The molecule has 4 aliphatic rings. The predicted molar refractivity (Wildman–Crippen MR) is 141 cm³/mol. The Kier molecular flexibility index (Phi) is 8.69. The fraction of sp³-hybridized carbons (Fsp3) is 0.962. The molecule has 4 fully saturated rings. The van der Waals surface area contributed by atoms with Crippen LogP contribution in [0, 0.1) is 46.3 Å². The minimum Gasteiger partial charge on any atom is -0.362 e. The third-order valence-corrected chi connectivity index (χ3v) is 12.5. The Hall–Kier alpha value is -0.690. The molecule has 10 atom stereocenters. The first-order valence-corrected chi connectivity index (χ1v) is 17.4. The van der Waals surface area contributed by atoms with Gasteiger partial charge >= 0.3 is 7.82 Å². The Morgan fingerprint density at radius 2 is 1.73 bits per heavy atom. The first kappa shape index (κ1) is 32.2.